The lowest BCUT2D eigenvalue weighted by Crippen LogP contribution is -2.51. The number of aromatic nitrogens is 3. The van der Waals surface area contributed by atoms with E-state index in [2.05, 4.69) is 31.0 Å². The smallest absolute Gasteiger partial charge is 0.0721 e. The van der Waals surface area contributed by atoms with Crippen molar-refractivity contribution in [2.75, 3.05) is 0 Å². The van der Waals surface area contributed by atoms with Gasteiger partial charge >= 0.3 is 0 Å². The highest BCUT2D eigenvalue weighted by Crippen LogP contribution is 2.66. The minimum atomic E-state index is -0.401. The van der Waals surface area contributed by atoms with Crippen LogP contribution in [-0.4, -0.2) is 25.7 Å². The molecule has 1 aromatic rings. The van der Waals surface area contributed by atoms with Gasteiger partial charge in [0.05, 0.1) is 24.0 Å². The Morgan fingerprint density at radius 3 is 2.44 bits per heavy atom. The molecule has 0 amide bonds. The number of hydrogen-bond donors (Lipinski definition) is 1. The Bertz CT molecular complexity index is 671. The first-order valence-corrected chi connectivity index (χ1v) is 11.5. The monoisotopic (exact) mass is 371 g/mol. The van der Waals surface area contributed by atoms with Crippen LogP contribution in [-0.2, 0) is 0 Å². The molecule has 0 aliphatic heterocycles. The zero-order valence-corrected chi connectivity index (χ0v) is 17.3. The maximum atomic E-state index is 10.6. The van der Waals surface area contributed by atoms with Gasteiger partial charge in [-0.1, -0.05) is 6.92 Å². The summed E-state index contributed by atoms with van der Waals surface area (Å²) in [6.07, 6.45) is 15.3. The summed E-state index contributed by atoms with van der Waals surface area (Å²) >= 11 is 0. The predicted molar refractivity (Wildman–Crippen MR) is 106 cm³/mol. The van der Waals surface area contributed by atoms with Crippen LogP contribution in [0.1, 0.15) is 84.6 Å². The van der Waals surface area contributed by atoms with Crippen molar-refractivity contribution in [3.63, 3.8) is 0 Å². The Balaban J connectivity index is 1.36. The number of aliphatic hydroxyl groups is 1. The highest BCUT2D eigenvalue weighted by molar-refractivity contribution is 5.07. The number of nitrogens with zero attached hydrogens (tertiary/aromatic N) is 3. The van der Waals surface area contributed by atoms with Crippen LogP contribution in [0.15, 0.2) is 12.4 Å². The summed E-state index contributed by atoms with van der Waals surface area (Å²) in [6.45, 7) is 7.01. The lowest BCUT2D eigenvalue weighted by molar-refractivity contribution is -0.102. The third kappa shape index (κ3) is 2.81. The average Bonchev–Trinajstić information content (AvgIpc) is 3.27. The molecule has 1 heterocycles. The lowest BCUT2D eigenvalue weighted by Gasteiger charge is -2.57. The van der Waals surface area contributed by atoms with E-state index >= 15 is 0 Å². The van der Waals surface area contributed by atoms with Crippen molar-refractivity contribution >= 4 is 0 Å². The minimum absolute atomic E-state index is 0.401. The molecule has 4 fully saturated rings. The van der Waals surface area contributed by atoms with Gasteiger partial charge in [0, 0.05) is 0 Å². The summed E-state index contributed by atoms with van der Waals surface area (Å²) in [7, 11) is 0. The van der Waals surface area contributed by atoms with Gasteiger partial charge in [-0.05, 0) is 113 Å². The molecule has 1 unspecified atom stereocenters. The van der Waals surface area contributed by atoms with E-state index < -0.39 is 5.60 Å². The Morgan fingerprint density at radius 1 is 0.926 bits per heavy atom. The van der Waals surface area contributed by atoms with E-state index in [0.29, 0.717) is 17.4 Å². The zero-order chi connectivity index (χ0) is 18.8. The highest BCUT2D eigenvalue weighted by atomic mass is 16.3. The third-order valence-corrected chi connectivity index (χ3v) is 9.69. The molecular weight excluding hydrogens is 334 g/mol. The highest BCUT2D eigenvalue weighted by Gasteiger charge is 2.58. The molecule has 27 heavy (non-hydrogen) atoms. The molecule has 1 aromatic heterocycles. The molecule has 0 spiro atoms. The van der Waals surface area contributed by atoms with Gasteiger partial charge in [0.2, 0.25) is 0 Å². The quantitative estimate of drug-likeness (QED) is 0.808. The van der Waals surface area contributed by atoms with Gasteiger partial charge in [-0.25, -0.2) is 0 Å². The Labute approximate surface area is 164 Å². The molecule has 4 saturated carbocycles. The molecule has 4 nitrogen and oxygen atoms in total. The van der Waals surface area contributed by atoms with Gasteiger partial charge in [0.25, 0.3) is 0 Å². The molecule has 0 radical (unpaired) electrons. The second-order valence-corrected chi connectivity index (χ2v) is 11.0. The van der Waals surface area contributed by atoms with E-state index in [1.54, 1.807) is 0 Å². The second-order valence-electron chi connectivity index (χ2n) is 11.0. The molecule has 4 heteroatoms. The van der Waals surface area contributed by atoms with Gasteiger partial charge in [0.15, 0.2) is 0 Å². The van der Waals surface area contributed by atoms with Crippen molar-refractivity contribution in [3.05, 3.63) is 12.4 Å². The van der Waals surface area contributed by atoms with Gasteiger partial charge in [-0.3, -0.25) is 0 Å². The fourth-order valence-corrected chi connectivity index (χ4v) is 8.51. The van der Waals surface area contributed by atoms with Crippen molar-refractivity contribution in [2.45, 2.75) is 90.2 Å². The molecule has 150 valence electrons. The summed E-state index contributed by atoms with van der Waals surface area (Å²) in [6, 6.07) is 0.410. The first kappa shape index (κ1) is 18.1. The van der Waals surface area contributed by atoms with E-state index in [-0.39, 0.29) is 0 Å². The normalized spacial score (nSPS) is 50.5. The van der Waals surface area contributed by atoms with Crippen molar-refractivity contribution in [1.29, 1.82) is 0 Å². The standard InChI is InChI=1S/C23H37N3O/c1-15(26-24-12-13-25-26)20-6-7-21-19-5-4-16-14-22(2,27)10-8-17(16)18(19)9-11-23(20,21)3/h12-13,15-21,27H,4-11,14H2,1-3H3/t15-,16-,17+,18-,19-,20?,21+,22-,23-/m1/s1. The van der Waals surface area contributed by atoms with E-state index in [0.717, 1.165) is 42.4 Å². The molecule has 9 atom stereocenters. The first-order valence-electron chi connectivity index (χ1n) is 11.5. The van der Waals surface area contributed by atoms with E-state index in [4.69, 9.17) is 0 Å². The molecule has 0 bridgehead atoms. The van der Waals surface area contributed by atoms with Gasteiger partial charge < -0.3 is 5.11 Å². The van der Waals surface area contributed by atoms with Gasteiger partial charge in [-0.15, -0.1) is 0 Å². The Morgan fingerprint density at radius 2 is 1.67 bits per heavy atom. The minimum Gasteiger partial charge on any atom is -0.390 e. The summed E-state index contributed by atoms with van der Waals surface area (Å²) in [5, 5.41) is 19.5. The van der Waals surface area contributed by atoms with Crippen molar-refractivity contribution in [3.8, 4) is 0 Å². The molecule has 0 saturated heterocycles. The van der Waals surface area contributed by atoms with E-state index in [1.165, 1.54) is 44.9 Å². The zero-order valence-electron chi connectivity index (χ0n) is 17.3. The van der Waals surface area contributed by atoms with Crippen LogP contribution in [0.25, 0.3) is 0 Å². The summed E-state index contributed by atoms with van der Waals surface area (Å²) in [5.41, 5.74) is 0.0586. The van der Waals surface area contributed by atoms with Crippen molar-refractivity contribution < 1.29 is 5.11 Å². The third-order valence-electron chi connectivity index (χ3n) is 9.69. The largest absolute Gasteiger partial charge is 0.390 e. The first-order chi connectivity index (χ1) is 12.9. The SMILES string of the molecule is C[C@H](C1CC[C@H]2[C@@H]3CC[C@@H]4C[C@](C)(O)CC[C@@H]4[C@H]3CC[C@]12C)n1nccn1. The predicted octanol–water partition coefficient (Wildman–Crippen LogP) is 4.86. The summed E-state index contributed by atoms with van der Waals surface area (Å²) < 4.78 is 0. The van der Waals surface area contributed by atoms with Gasteiger partial charge in [-0.2, -0.15) is 15.0 Å². The van der Waals surface area contributed by atoms with Crippen LogP contribution in [0, 0.1) is 40.9 Å². The molecule has 5 rings (SSSR count). The average molecular weight is 372 g/mol. The van der Waals surface area contributed by atoms with Crippen LogP contribution >= 0.6 is 0 Å². The van der Waals surface area contributed by atoms with Crippen LogP contribution in [0.5, 0.6) is 0 Å². The molecular formula is C23H37N3O. The van der Waals surface area contributed by atoms with E-state index in [9.17, 15) is 5.11 Å². The molecule has 1 N–H and O–H groups in total. The maximum absolute atomic E-state index is 10.6. The number of rotatable bonds is 2. The fraction of sp³-hybridized carbons (Fsp3) is 0.913. The Hall–Kier alpha value is -0.900. The molecule has 0 aromatic carbocycles. The second kappa shape index (κ2) is 6.30. The van der Waals surface area contributed by atoms with Crippen LogP contribution in [0.3, 0.4) is 0 Å². The van der Waals surface area contributed by atoms with Crippen molar-refractivity contribution in [1.82, 2.24) is 15.0 Å². The summed E-state index contributed by atoms with van der Waals surface area (Å²) in [4.78, 5) is 1.96. The maximum Gasteiger partial charge on any atom is 0.0721 e. The van der Waals surface area contributed by atoms with Gasteiger partial charge in [0.1, 0.15) is 0 Å². The fourth-order valence-electron chi connectivity index (χ4n) is 8.51. The van der Waals surface area contributed by atoms with Crippen molar-refractivity contribution in [2.24, 2.45) is 40.9 Å². The molecule has 4 aliphatic carbocycles. The molecule has 4 aliphatic rings. The lowest BCUT2D eigenvalue weighted by atomic mass is 9.49. The van der Waals surface area contributed by atoms with Crippen LogP contribution < -0.4 is 0 Å². The topological polar surface area (TPSA) is 50.9 Å². The Kier molecular flexibility index (Phi) is 4.24. The number of fused-ring (bicyclic) bond motifs is 5. The van der Waals surface area contributed by atoms with Crippen LogP contribution in [0.2, 0.25) is 0 Å². The summed E-state index contributed by atoms with van der Waals surface area (Å²) in [5.74, 6) is 5.12. The van der Waals surface area contributed by atoms with Crippen LogP contribution in [0.4, 0.5) is 0 Å². The number of hydrogen-bond acceptors (Lipinski definition) is 3. The van der Waals surface area contributed by atoms with E-state index in [1.807, 2.05) is 17.2 Å².